The Kier molecular flexibility index (Phi) is 49.7. The van der Waals surface area contributed by atoms with E-state index in [-0.39, 0.29) is 19.1 Å². The number of nitrogens with one attached hydrogen (secondary N) is 1. The van der Waals surface area contributed by atoms with E-state index in [1.165, 1.54) is 205 Å². The molecule has 0 fully saturated rings. The Labute approximate surface area is 423 Å². The summed E-state index contributed by atoms with van der Waals surface area (Å²) in [7, 11) is 1.62. The molecule has 0 aromatic carbocycles. The Hall–Kier alpha value is -1.28. The molecule has 3 atom stereocenters. The fourth-order valence-electron chi connectivity index (χ4n) is 8.76. The van der Waals surface area contributed by atoms with Crippen LogP contribution in [0.3, 0.4) is 0 Å². The fourth-order valence-corrected chi connectivity index (χ4v) is 9.50. The van der Waals surface area contributed by atoms with Gasteiger partial charge >= 0.3 is 7.82 Å². The van der Waals surface area contributed by atoms with Crippen LogP contribution in [0.15, 0.2) is 36.5 Å². The van der Waals surface area contributed by atoms with Gasteiger partial charge in [0.25, 0.3) is 0 Å². The summed E-state index contributed by atoms with van der Waals surface area (Å²) >= 11 is 0. The largest absolute Gasteiger partial charge is 0.472 e. The molecule has 3 unspecified atom stereocenters. The molecule has 402 valence electrons. The van der Waals surface area contributed by atoms with Crippen molar-refractivity contribution in [3.05, 3.63) is 36.5 Å². The number of allylic oxidation sites excluding steroid dienone is 6. The summed E-state index contributed by atoms with van der Waals surface area (Å²) in [4.78, 5) is 23.3. The normalized spacial score (nSPS) is 14.2. The highest BCUT2D eigenvalue weighted by atomic mass is 31.2. The second kappa shape index (κ2) is 50.7. The number of hydrogen-bond acceptors (Lipinski definition) is 5. The molecule has 0 saturated carbocycles. The molecule has 1 amide bonds. The van der Waals surface area contributed by atoms with Crippen LogP contribution >= 0.6 is 7.82 Å². The number of phosphoric acid groups is 1. The van der Waals surface area contributed by atoms with Gasteiger partial charge in [-0.2, -0.15) is 0 Å². The average molecular weight is 981 g/mol. The molecule has 0 rings (SSSR count). The maximum Gasteiger partial charge on any atom is 0.472 e. The molecule has 0 bridgehead atoms. The van der Waals surface area contributed by atoms with Crippen LogP contribution in [-0.2, 0) is 18.4 Å². The predicted octanol–water partition coefficient (Wildman–Crippen LogP) is 17.8. The summed E-state index contributed by atoms with van der Waals surface area (Å²) in [5.41, 5.74) is 0. The Morgan fingerprint density at radius 1 is 0.500 bits per heavy atom. The lowest BCUT2D eigenvalue weighted by Crippen LogP contribution is -2.46. The number of aliphatic hydroxyl groups is 1. The monoisotopic (exact) mass is 980 g/mol. The molecule has 0 radical (unpaired) electrons. The molecule has 8 nitrogen and oxygen atoms in total. The number of rotatable bonds is 54. The van der Waals surface area contributed by atoms with E-state index in [2.05, 4.69) is 55.6 Å². The zero-order valence-corrected chi connectivity index (χ0v) is 46.8. The first-order chi connectivity index (χ1) is 33.0. The molecule has 3 N–H and O–H groups in total. The summed E-state index contributed by atoms with van der Waals surface area (Å²) in [6, 6.07) is -0.762. The lowest BCUT2D eigenvalue weighted by molar-refractivity contribution is -0.870. The summed E-state index contributed by atoms with van der Waals surface area (Å²) < 4.78 is 23.8. The van der Waals surface area contributed by atoms with E-state index >= 15 is 0 Å². The van der Waals surface area contributed by atoms with E-state index in [9.17, 15) is 19.4 Å². The van der Waals surface area contributed by atoms with Gasteiger partial charge in [-0.05, 0) is 51.4 Å². The molecule has 0 aromatic heterocycles. The van der Waals surface area contributed by atoms with Gasteiger partial charge in [0.15, 0.2) is 0 Å². The molecule has 0 spiro atoms. The first-order valence-electron chi connectivity index (χ1n) is 29.4. The van der Waals surface area contributed by atoms with Gasteiger partial charge in [-0.1, -0.05) is 262 Å². The van der Waals surface area contributed by atoms with Crippen molar-refractivity contribution in [1.82, 2.24) is 5.32 Å². The second-order valence-corrected chi connectivity index (χ2v) is 22.8. The van der Waals surface area contributed by atoms with Gasteiger partial charge in [-0.15, -0.1) is 0 Å². The molecule has 0 saturated heterocycles. The maximum absolute atomic E-state index is 13.0. The third kappa shape index (κ3) is 52.5. The zero-order valence-electron chi connectivity index (χ0n) is 45.9. The number of nitrogens with zero attached hydrogens (tertiary/aromatic N) is 1. The third-order valence-corrected chi connectivity index (χ3v) is 14.4. The van der Waals surface area contributed by atoms with Crippen LogP contribution in [0.5, 0.6) is 0 Å². The lowest BCUT2D eigenvalue weighted by Gasteiger charge is -2.26. The van der Waals surface area contributed by atoms with Crippen LogP contribution < -0.4 is 5.32 Å². The molecule has 0 aliphatic rings. The molecular formula is C59H116N2O6P+. The Morgan fingerprint density at radius 3 is 1.22 bits per heavy atom. The van der Waals surface area contributed by atoms with Crippen molar-refractivity contribution in [3.8, 4) is 0 Å². The molecule has 0 aliphatic carbocycles. The Bertz CT molecular complexity index is 1200. The molecule has 9 heteroatoms. The Balaban J connectivity index is 4.14. The summed E-state index contributed by atoms with van der Waals surface area (Å²) in [6.45, 7) is 4.91. The topological polar surface area (TPSA) is 105 Å². The number of phosphoric ester groups is 1. The maximum atomic E-state index is 13.0. The van der Waals surface area contributed by atoms with Crippen molar-refractivity contribution in [1.29, 1.82) is 0 Å². The number of aliphatic hydroxyl groups excluding tert-OH is 1. The summed E-state index contributed by atoms with van der Waals surface area (Å²) in [6.07, 6.45) is 64.8. The van der Waals surface area contributed by atoms with E-state index in [1.54, 1.807) is 0 Å². The zero-order chi connectivity index (χ0) is 49.9. The van der Waals surface area contributed by atoms with Crippen LogP contribution in [0, 0.1) is 0 Å². The predicted molar refractivity (Wildman–Crippen MR) is 295 cm³/mol. The number of hydrogen-bond donors (Lipinski definition) is 3. The van der Waals surface area contributed by atoms with E-state index in [0.29, 0.717) is 23.9 Å². The van der Waals surface area contributed by atoms with Gasteiger partial charge in [0, 0.05) is 6.42 Å². The van der Waals surface area contributed by atoms with Crippen molar-refractivity contribution in [2.45, 2.75) is 296 Å². The van der Waals surface area contributed by atoms with Gasteiger partial charge in [-0.3, -0.25) is 13.8 Å². The smallest absolute Gasteiger partial charge is 0.391 e. The molecule has 0 aromatic rings. The van der Waals surface area contributed by atoms with Gasteiger partial charge in [-0.25, -0.2) is 4.57 Å². The minimum atomic E-state index is -4.32. The first-order valence-corrected chi connectivity index (χ1v) is 30.8. The van der Waals surface area contributed by atoms with Crippen molar-refractivity contribution >= 4 is 13.7 Å². The first kappa shape index (κ1) is 66.7. The van der Waals surface area contributed by atoms with Crippen LogP contribution in [0.25, 0.3) is 0 Å². The highest BCUT2D eigenvalue weighted by Gasteiger charge is 2.28. The number of carbonyl (C=O) groups excluding carboxylic acids is 1. The standard InChI is InChI=1S/C59H115N2O6P/c1-6-8-10-12-14-16-18-20-22-24-26-27-28-29-30-31-32-33-35-37-39-41-43-45-47-49-51-53-59(63)60-57(56-67-68(64,65)66-55-54-61(3,4)5)58(62)52-50-48-46-44-42-40-38-36-34-25-23-21-19-17-15-13-11-9-7-2/h18,20,24,26,28-29,57-58,62H,6-17,19,21-23,25,27,30-56H2,1-5H3,(H-,60,63,64,65)/p+1/b20-18-,26-24-,29-28-. The van der Waals surface area contributed by atoms with E-state index in [1.807, 2.05) is 21.1 Å². The van der Waals surface area contributed by atoms with Gasteiger partial charge < -0.3 is 19.8 Å². The van der Waals surface area contributed by atoms with Crippen LogP contribution in [0.1, 0.15) is 284 Å². The van der Waals surface area contributed by atoms with E-state index in [4.69, 9.17) is 9.05 Å². The number of unbranched alkanes of at least 4 members (excludes halogenated alkanes) is 35. The highest BCUT2D eigenvalue weighted by Crippen LogP contribution is 2.43. The number of carbonyl (C=O) groups is 1. The van der Waals surface area contributed by atoms with E-state index in [0.717, 1.165) is 51.4 Å². The van der Waals surface area contributed by atoms with Crippen molar-refractivity contribution in [2.75, 3.05) is 40.9 Å². The third-order valence-electron chi connectivity index (χ3n) is 13.4. The number of likely N-dealkylation sites (N-methyl/N-ethyl adjacent to an activating group) is 1. The molecular weight excluding hydrogens is 864 g/mol. The number of amides is 1. The molecule has 68 heavy (non-hydrogen) atoms. The van der Waals surface area contributed by atoms with Crippen molar-refractivity contribution < 1.29 is 32.9 Å². The quantitative estimate of drug-likeness (QED) is 0.0243. The number of quaternary nitrogens is 1. The van der Waals surface area contributed by atoms with Crippen molar-refractivity contribution in [3.63, 3.8) is 0 Å². The average Bonchev–Trinajstić information content (AvgIpc) is 3.30. The summed E-state index contributed by atoms with van der Waals surface area (Å²) in [5.74, 6) is -0.143. The van der Waals surface area contributed by atoms with E-state index < -0.39 is 20.0 Å². The SMILES string of the molecule is CCCCCCC/C=C\C/C=C\C/C=C\CCCCCCCCCCCCCCC(=O)NC(COP(=O)(O)OCC[N+](C)(C)C)C(O)CCCCCCCCCCCCCCCCCCCCC. The van der Waals surface area contributed by atoms with Crippen LogP contribution in [0.4, 0.5) is 0 Å². The van der Waals surface area contributed by atoms with Crippen LogP contribution in [-0.4, -0.2) is 73.4 Å². The highest BCUT2D eigenvalue weighted by molar-refractivity contribution is 7.47. The second-order valence-electron chi connectivity index (χ2n) is 21.4. The van der Waals surface area contributed by atoms with Crippen molar-refractivity contribution in [2.24, 2.45) is 0 Å². The minimum absolute atomic E-state index is 0.0748. The lowest BCUT2D eigenvalue weighted by atomic mass is 10.0. The Morgan fingerprint density at radius 2 is 0.838 bits per heavy atom. The van der Waals surface area contributed by atoms with Crippen LogP contribution in [0.2, 0.25) is 0 Å². The van der Waals surface area contributed by atoms with Gasteiger partial charge in [0.1, 0.15) is 13.2 Å². The van der Waals surface area contributed by atoms with Gasteiger partial charge in [0.05, 0.1) is 39.9 Å². The fraction of sp³-hybridized carbons (Fsp3) is 0.881. The van der Waals surface area contributed by atoms with Gasteiger partial charge in [0.2, 0.25) is 5.91 Å². The molecule has 0 heterocycles. The minimum Gasteiger partial charge on any atom is -0.391 e. The summed E-state index contributed by atoms with van der Waals surface area (Å²) in [5, 5.41) is 14.1. The molecule has 0 aliphatic heterocycles.